The Morgan fingerprint density at radius 1 is 1.30 bits per heavy atom. The van der Waals surface area contributed by atoms with Crippen molar-refractivity contribution in [2.45, 2.75) is 13.5 Å². The summed E-state index contributed by atoms with van der Waals surface area (Å²) in [6, 6.07) is 7.14. The van der Waals surface area contributed by atoms with Gasteiger partial charge in [0.1, 0.15) is 16.0 Å². The van der Waals surface area contributed by atoms with E-state index < -0.39 is 0 Å². The van der Waals surface area contributed by atoms with Crippen LogP contribution in [0.1, 0.15) is 16.2 Å². The first kappa shape index (κ1) is 15.7. The molecule has 0 atom stereocenters. The lowest BCUT2D eigenvalue weighted by atomic mass is 10.1. The number of ketones is 1. The highest BCUT2D eigenvalue weighted by atomic mass is 79.9. The molecule has 0 radical (unpaired) electrons. The Morgan fingerprint density at radius 3 is 2.65 bits per heavy atom. The summed E-state index contributed by atoms with van der Waals surface area (Å²) in [7, 11) is 3.58. The number of hydrogen-bond donors (Lipinski definition) is 0. The number of imidazole rings is 1. The smallest absolute Gasteiger partial charge is 0.227 e. The lowest BCUT2D eigenvalue weighted by Crippen LogP contribution is -2.37. The molecule has 3 aromatic rings. The van der Waals surface area contributed by atoms with Crippen LogP contribution in [0.4, 0.5) is 0 Å². The van der Waals surface area contributed by atoms with Crippen molar-refractivity contribution in [2.75, 3.05) is 7.11 Å². The predicted molar refractivity (Wildman–Crippen MR) is 90.7 cm³/mol. The van der Waals surface area contributed by atoms with E-state index in [4.69, 9.17) is 4.74 Å². The summed E-state index contributed by atoms with van der Waals surface area (Å²) < 4.78 is 9.90. The number of rotatable bonds is 4. The molecule has 0 aliphatic rings. The van der Waals surface area contributed by atoms with E-state index in [0.717, 1.165) is 27.1 Å². The molecule has 6 heteroatoms. The molecule has 0 unspecified atom stereocenters. The summed E-state index contributed by atoms with van der Waals surface area (Å²) in [5.74, 6) is 1.71. The van der Waals surface area contributed by atoms with Gasteiger partial charge in [-0.1, -0.05) is 0 Å². The standard InChI is InChI=1S/C17H17BrN3O2/c1-11-19-15-9-21(8-14(18)17(15)20(11)2)10-16(22)12-4-6-13(23-3)7-5-12/h4-9H,10H2,1-3H3/q+1. The fraction of sp³-hybridized carbons (Fsp3) is 0.235. The fourth-order valence-electron chi connectivity index (χ4n) is 2.53. The van der Waals surface area contributed by atoms with E-state index in [2.05, 4.69) is 20.9 Å². The second-order valence-corrected chi connectivity index (χ2v) is 6.24. The Kier molecular flexibility index (Phi) is 4.17. The molecular formula is C17H17BrN3O2+. The van der Waals surface area contributed by atoms with Crippen LogP contribution < -0.4 is 9.30 Å². The molecule has 3 rings (SSSR count). The highest BCUT2D eigenvalue weighted by Crippen LogP contribution is 2.22. The van der Waals surface area contributed by atoms with Crippen molar-refractivity contribution in [3.63, 3.8) is 0 Å². The number of carbonyl (C=O) groups is 1. The van der Waals surface area contributed by atoms with E-state index in [1.165, 1.54) is 0 Å². The summed E-state index contributed by atoms with van der Waals surface area (Å²) in [6.45, 7) is 2.22. The molecule has 0 aliphatic heterocycles. The molecule has 2 aromatic heterocycles. The number of aryl methyl sites for hydroxylation is 2. The highest BCUT2D eigenvalue weighted by molar-refractivity contribution is 9.10. The van der Waals surface area contributed by atoms with Gasteiger partial charge in [0.2, 0.25) is 12.3 Å². The minimum absolute atomic E-state index is 0.0385. The van der Waals surface area contributed by atoms with Crippen molar-refractivity contribution in [3.8, 4) is 5.75 Å². The molecule has 23 heavy (non-hydrogen) atoms. The number of methoxy groups -OCH3 is 1. The van der Waals surface area contributed by atoms with E-state index in [1.807, 2.05) is 35.5 Å². The van der Waals surface area contributed by atoms with Gasteiger partial charge in [-0.3, -0.25) is 4.79 Å². The van der Waals surface area contributed by atoms with Gasteiger partial charge < -0.3 is 9.30 Å². The second kappa shape index (κ2) is 6.12. The Hall–Kier alpha value is -2.21. The van der Waals surface area contributed by atoms with Crippen molar-refractivity contribution in [1.29, 1.82) is 0 Å². The molecule has 118 valence electrons. The maximum absolute atomic E-state index is 12.4. The number of benzene rings is 1. The van der Waals surface area contributed by atoms with Crippen LogP contribution in [0.5, 0.6) is 5.75 Å². The minimum atomic E-state index is 0.0385. The Labute approximate surface area is 142 Å². The van der Waals surface area contributed by atoms with Gasteiger partial charge in [-0.05, 0) is 47.1 Å². The van der Waals surface area contributed by atoms with Gasteiger partial charge in [0.05, 0.1) is 12.6 Å². The van der Waals surface area contributed by atoms with E-state index >= 15 is 0 Å². The van der Waals surface area contributed by atoms with Crippen LogP contribution in [-0.2, 0) is 13.6 Å². The average Bonchev–Trinajstić information content (AvgIpc) is 2.82. The first-order valence-corrected chi connectivity index (χ1v) is 7.98. The zero-order chi connectivity index (χ0) is 16.6. The number of nitrogens with zero attached hydrogens (tertiary/aromatic N) is 3. The largest absolute Gasteiger partial charge is 0.497 e. The molecule has 0 spiro atoms. The number of hydrogen-bond acceptors (Lipinski definition) is 3. The predicted octanol–water partition coefficient (Wildman–Crippen LogP) is 2.82. The van der Waals surface area contributed by atoms with Gasteiger partial charge in [-0.25, -0.2) is 4.98 Å². The van der Waals surface area contributed by atoms with Crippen molar-refractivity contribution in [3.05, 3.63) is 52.5 Å². The van der Waals surface area contributed by atoms with Crippen LogP contribution in [0.2, 0.25) is 0 Å². The summed E-state index contributed by atoms with van der Waals surface area (Å²) >= 11 is 3.57. The summed E-state index contributed by atoms with van der Waals surface area (Å²) in [6.07, 6.45) is 3.80. The zero-order valence-electron chi connectivity index (χ0n) is 13.2. The molecule has 1 aromatic carbocycles. The van der Waals surface area contributed by atoms with Crippen LogP contribution in [0, 0.1) is 6.92 Å². The van der Waals surface area contributed by atoms with Crippen LogP contribution in [0.3, 0.4) is 0 Å². The van der Waals surface area contributed by atoms with Crippen LogP contribution in [-0.4, -0.2) is 22.4 Å². The fourth-order valence-corrected chi connectivity index (χ4v) is 3.27. The van der Waals surface area contributed by atoms with E-state index in [1.54, 1.807) is 31.4 Å². The van der Waals surface area contributed by atoms with Gasteiger partial charge in [0.15, 0.2) is 17.9 Å². The summed E-state index contributed by atoms with van der Waals surface area (Å²) in [4.78, 5) is 17.0. The van der Waals surface area contributed by atoms with E-state index in [0.29, 0.717) is 5.56 Å². The van der Waals surface area contributed by atoms with Crippen molar-refractivity contribution in [2.24, 2.45) is 7.05 Å². The molecule has 2 heterocycles. The van der Waals surface area contributed by atoms with E-state index in [-0.39, 0.29) is 12.3 Å². The molecule has 0 saturated heterocycles. The monoisotopic (exact) mass is 374 g/mol. The normalized spacial score (nSPS) is 11.0. The number of halogens is 1. The number of aromatic nitrogens is 3. The molecular weight excluding hydrogens is 358 g/mol. The third-order valence-corrected chi connectivity index (χ3v) is 4.46. The van der Waals surface area contributed by atoms with Crippen LogP contribution in [0.15, 0.2) is 41.1 Å². The first-order chi connectivity index (χ1) is 11.0. The van der Waals surface area contributed by atoms with Crippen molar-refractivity contribution >= 4 is 32.7 Å². The molecule has 0 aliphatic carbocycles. The van der Waals surface area contributed by atoms with Gasteiger partial charge in [0.25, 0.3) is 0 Å². The molecule has 0 saturated carbocycles. The van der Waals surface area contributed by atoms with Crippen molar-refractivity contribution < 1.29 is 14.1 Å². The lowest BCUT2D eigenvalue weighted by molar-refractivity contribution is -0.682. The Morgan fingerprint density at radius 2 is 2.00 bits per heavy atom. The minimum Gasteiger partial charge on any atom is -0.497 e. The topological polar surface area (TPSA) is 48.0 Å². The number of Topliss-reactive ketones (excluding diaryl/α,β-unsaturated/α-hetero) is 1. The number of pyridine rings is 1. The first-order valence-electron chi connectivity index (χ1n) is 7.18. The summed E-state index contributed by atoms with van der Waals surface area (Å²) in [5, 5.41) is 0. The number of ether oxygens (including phenoxy) is 1. The quantitative estimate of drug-likeness (QED) is 0.521. The zero-order valence-corrected chi connectivity index (χ0v) is 14.8. The van der Waals surface area contributed by atoms with Gasteiger partial charge in [-0.2, -0.15) is 4.57 Å². The SMILES string of the molecule is COc1ccc(C(=O)C[n+]2cc(Br)c3c(c2)nc(C)n3C)cc1. The Balaban J connectivity index is 1.90. The third kappa shape index (κ3) is 2.99. The molecule has 0 N–H and O–H groups in total. The molecule has 5 nitrogen and oxygen atoms in total. The van der Waals surface area contributed by atoms with Crippen LogP contribution >= 0.6 is 15.9 Å². The lowest BCUT2D eigenvalue weighted by Gasteiger charge is -2.02. The molecule has 0 bridgehead atoms. The summed E-state index contributed by atoms with van der Waals surface area (Å²) in [5.41, 5.74) is 2.55. The molecule has 0 fully saturated rings. The van der Waals surface area contributed by atoms with Gasteiger partial charge in [0, 0.05) is 12.6 Å². The van der Waals surface area contributed by atoms with Crippen LogP contribution in [0.25, 0.3) is 11.0 Å². The van der Waals surface area contributed by atoms with Gasteiger partial charge >= 0.3 is 0 Å². The number of fused-ring (bicyclic) bond motifs is 1. The highest BCUT2D eigenvalue weighted by Gasteiger charge is 2.18. The maximum Gasteiger partial charge on any atom is 0.227 e. The Bertz CT molecular complexity index is 885. The van der Waals surface area contributed by atoms with Gasteiger partial charge in [-0.15, -0.1) is 0 Å². The third-order valence-electron chi connectivity index (χ3n) is 3.88. The second-order valence-electron chi connectivity index (χ2n) is 5.38. The van der Waals surface area contributed by atoms with Crippen molar-refractivity contribution in [1.82, 2.24) is 9.55 Å². The van der Waals surface area contributed by atoms with E-state index in [9.17, 15) is 4.79 Å². The average molecular weight is 375 g/mol. The molecule has 0 amide bonds. The maximum atomic E-state index is 12.4. The number of carbonyl (C=O) groups excluding carboxylic acids is 1.